The van der Waals surface area contributed by atoms with Gasteiger partial charge in [-0.3, -0.25) is 4.99 Å². The molecule has 0 saturated carbocycles. The van der Waals surface area contributed by atoms with Gasteiger partial charge in [-0.15, -0.1) is 0 Å². The molecule has 1 aromatic heterocycles. The van der Waals surface area contributed by atoms with E-state index in [9.17, 15) is 0 Å². The molecule has 0 bridgehead atoms. The average molecular weight is 264 g/mol. The molecule has 0 fully saturated rings. The highest BCUT2D eigenvalue weighted by Crippen LogP contribution is 2.16. The van der Waals surface area contributed by atoms with Gasteiger partial charge in [-0.25, -0.2) is 4.98 Å². The smallest absolute Gasteiger partial charge is 0.129 e. The summed E-state index contributed by atoms with van der Waals surface area (Å²) in [6, 6.07) is 8.78. The Morgan fingerprint density at radius 2 is 2.05 bits per heavy atom. The van der Waals surface area contributed by atoms with E-state index in [2.05, 4.69) is 58.6 Å². The zero-order valence-electron chi connectivity index (χ0n) is 11.5. The zero-order chi connectivity index (χ0) is 13.7. The van der Waals surface area contributed by atoms with Crippen LogP contribution in [0.15, 0.2) is 29.3 Å². The maximum atomic E-state index is 4.79. The average Bonchev–Trinajstić information content (AvgIpc) is 2.97. The van der Waals surface area contributed by atoms with Gasteiger partial charge < -0.3 is 10.3 Å². The highest BCUT2D eigenvalue weighted by Gasteiger charge is 2.28. The van der Waals surface area contributed by atoms with Crippen molar-refractivity contribution in [2.24, 2.45) is 4.99 Å². The van der Waals surface area contributed by atoms with E-state index in [0.717, 1.165) is 27.9 Å². The first-order chi connectivity index (χ1) is 9.69. The summed E-state index contributed by atoms with van der Waals surface area (Å²) in [7, 11) is 0. The second kappa shape index (κ2) is 4.07. The summed E-state index contributed by atoms with van der Waals surface area (Å²) in [6.07, 6.45) is 4.32. The molecule has 1 aliphatic carbocycles. The van der Waals surface area contributed by atoms with E-state index in [-0.39, 0.29) is 12.1 Å². The van der Waals surface area contributed by atoms with Crippen molar-refractivity contribution >= 4 is 18.0 Å². The molecule has 100 valence electrons. The van der Waals surface area contributed by atoms with Crippen LogP contribution >= 0.6 is 0 Å². The molecular weight excluding hydrogens is 248 g/mol. The number of amidine groups is 1. The first-order valence-electron chi connectivity index (χ1n) is 6.87. The van der Waals surface area contributed by atoms with Gasteiger partial charge in [0.25, 0.3) is 0 Å². The summed E-state index contributed by atoms with van der Waals surface area (Å²) in [4.78, 5) is 12.6. The van der Waals surface area contributed by atoms with E-state index in [4.69, 9.17) is 4.99 Å². The fraction of sp³-hybridized carbons (Fsp3) is 0.250. The third-order valence-corrected chi connectivity index (χ3v) is 3.80. The summed E-state index contributed by atoms with van der Waals surface area (Å²) >= 11 is 0. The van der Waals surface area contributed by atoms with Crippen molar-refractivity contribution in [3.63, 3.8) is 0 Å². The Morgan fingerprint density at radius 1 is 1.15 bits per heavy atom. The van der Waals surface area contributed by atoms with Crippen molar-refractivity contribution in [3.8, 4) is 0 Å². The fourth-order valence-corrected chi connectivity index (χ4v) is 2.86. The number of hydrogen-bond acceptors (Lipinski definition) is 3. The number of benzene rings is 1. The Balaban J connectivity index is 1.74. The third-order valence-electron chi connectivity index (χ3n) is 3.80. The van der Waals surface area contributed by atoms with Crippen LogP contribution in [-0.4, -0.2) is 27.9 Å². The molecule has 4 rings (SSSR count). The first kappa shape index (κ1) is 11.5. The lowest BCUT2D eigenvalue weighted by Crippen LogP contribution is -2.41. The van der Waals surface area contributed by atoms with Crippen LogP contribution in [0.1, 0.15) is 17.0 Å². The maximum Gasteiger partial charge on any atom is 0.129 e. The van der Waals surface area contributed by atoms with E-state index < -0.39 is 0 Å². The summed E-state index contributed by atoms with van der Waals surface area (Å²) in [5.74, 6) is 1.92. The predicted molar refractivity (Wildman–Crippen MR) is 79.9 cm³/mol. The number of hydrogen-bond donors (Lipinski definition) is 2. The minimum atomic E-state index is 0.140. The van der Waals surface area contributed by atoms with Crippen LogP contribution in [0.5, 0.6) is 0 Å². The molecule has 2 atom stereocenters. The van der Waals surface area contributed by atoms with Gasteiger partial charge in [-0.2, -0.15) is 0 Å². The number of nitrogens with zero attached hydrogens (tertiary/aromatic N) is 2. The number of imidazole rings is 1. The van der Waals surface area contributed by atoms with Gasteiger partial charge in [-0.1, -0.05) is 23.8 Å². The Kier molecular flexibility index (Phi) is 2.33. The van der Waals surface area contributed by atoms with E-state index in [1.54, 1.807) is 0 Å². The lowest BCUT2D eigenvalue weighted by atomic mass is 10.1. The Morgan fingerprint density at radius 3 is 2.90 bits per heavy atom. The minimum absolute atomic E-state index is 0.140. The van der Waals surface area contributed by atoms with E-state index in [1.165, 1.54) is 5.56 Å². The number of aromatic nitrogens is 2. The van der Waals surface area contributed by atoms with Gasteiger partial charge in [0.05, 0.1) is 22.8 Å². The molecule has 0 amide bonds. The molecule has 1 aromatic carbocycles. The molecule has 0 spiro atoms. The molecule has 2 aliphatic rings. The van der Waals surface area contributed by atoms with Crippen LogP contribution in [0.4, 0.5) is 0 Å². The lowest BCUT2D eigenvalue weighted by molar-refractivity contribution is 0.744. The molecule has 0 radical (unpaired) electrons. The topological polar surface area (TPSA) is 53.1 Å². The molecule has 2 aromatic rings. The van der Waals surface area contributed by atoms with Crippen molar-refractivity contribution in [1.29, 1.82) is 0 Å². The van der Waals surface area contributed by atoms with Gasteiger partial charge in [0.15, 0.2) is 0 Å². The van der Waals surface area contributed by atoms with Gasteiger partial charge in [-0.05, 0) is 32.1 Å². The summed E-state index contributed by atoms with van der Waals surface area (Å²) < 4.78 is 0. The van der Waals surface area contributed by atoms with Crippen LogP contribution in [0, 0.1) is 13.8 Å². The number of H-pyrrole nitrogens is 1. The summed E-state index contributed by atoms with van der Waals surface area (Å²) in [5, 5.41) is 5.61. The number of fused-ring (bicyclic) bond motifs is 2. The highest BCUT2D eigenvalue weighted by molar-refractivity contribution is 6.01. The molecule has 0 saturated heterocycles. The standard InChI is InChI=1S/C16H16N4/c1-9-4-3-5-11(6-9)16-19-14-7-12-13(8-15(14)20-16)18-10(2)17-12/h3-8,14-15H,1-2H3,(H,17,18)(H,19,20). The van der Waals surface area contributed by atoms with E-state index >= 15 is 0 Å². The number of aromatic amines is 1. The van der Waals surface area contributed by atoms with Crippen molar-refractivity contribution < 1.29 is 0 Å². The van der Waals surface area contributed by atoms with Crippen LogP contribution < -0.4 is 16.0 Å². The predicted octanol–water partition coefficient (Wildman–Crippen LogP) is 0.388. The van der Waals surface area contributed by atoms with Crippen molar-refractivity contribution in [1.82, 2.24) is 15.3 Å². The molecule has 4 nitrogen and oxygen atoms in total. The van der Waals surface area contributed by atoms with Crippen LogP contribution in [0.3, 0.4) is 0 Å². The number of aryl methyl sites for hydroxylation is 2. The Bertz CT molecular complexity index is 828. The SMILES string of the molecule is Cc1cccc(C2=NC3C=c4nc(C)[nH]c4=CC3N2)c1. The van der Waals surface area contributed by atoms with Crippen LogP contribution in [0.25, 0.3) is 12.2 Å². The summed E-state index contributed by atoms with van der Waals surface area (Å²) in [6.45, 7) is 4.08. The highest BCUT2D eigenvalue weighted by atomic mass is 15.1. The molecule has 20 heavy (non-hydrogen) atoms. The van der Waals surface area contributed by atoms with Gasteiger partial charge >= 0.3 is 0 Å². The van der Waals surface area contributed by atoms with E-state index in [1.807, 2.05) is 6.92 Å². The molecule has 2 unspecified atom stereocenters. The molecule has 1 aliphatic heterocycles. The Hall–Kier alpha value is -2.36. The Labute approximate surface area is 117 Å². The van der Waals surface area contributed by atoms with E-state index in [0.29, 0.717) is 0 Å². The largest absolute Gasteiger partial charge is 0.361 e. The minimum Gasteiger partial charge on any atom is -0.361 e. The fourth-order valence-electron chi connectivity index (χ4n) is 2.86. The van der Waals surface area contributed by atoms with Crippen LogP contribution in [0.2, 0.25) is 0 Å². The second-order valence-electron chi connectivity index (χ2n) is 5.46. The lowest BCUT2D eigenvalue weighted by Gasteiger charge is -2.13. The number of aliphatic imine (C=N–C) groups is 1. The van der Waals surface area contributed by atoms with Gasteiger partial charge in [0.1, 0.15) is 11.7 Å². The van der Waals surface area contributed by atoms with Gasteiger partial charge in [0, 0.05) is 5.56 Å². The second-order valence-corrected chi connectivity index (χ2v) is 5.46. The molecule has 4 heteroatoms. The zero-order valence-corrected chi connectivity index (χ0v) is 11.5. The quantitative estimate of drug-likeness (QED) is 0.783. The molecular formula is C16H16N4. The number of rotatable bonds is 1. The summed E-state index contributed by atoms with van der Waals surface area (Å²) in [5.41, 5.74) is 2.39. The van der Waals surface area contributed by atoms with Crippen molar-refractivity contribution in [3.05, 3.63) is 51.9 Å². The maximum absolute atomic E-state index is 4.79. The van der Waals surface area contributed by atoms with Crippen LogP contribution in [-0.2, 0) is 0 Å². The molecule has 2 heterocycles. The molecule has 2 N–H and O–H groups in total. The first-order valence-corrected chi connectivity index (χ1v) is 6.87. The number of nitrogens with one attached hydrogen (secondary N) is 2. The van der Waals surface area contributed by atoms with Crippen molar-refractivity contribution in [2.45, 2.75) is 25.9 Å². The van der Waals surface area contributed by atoms with Crippen molar-refractivity contribution in [2.75, 3.05) is 0 Å². The third kappa shape index (κ3) is 1.76. The monoisotopic (exact) mass is 264 g/mol. The van der Waals surface area contributed by atoms with Gasteiger partial charge in [0.2, 0.25) is 0 Å². The normalized spacial score (nSPS) is 23.0.